The average molecular weight is 305 g/mol. The fourth-order valence-electron chi connectivity index (χ4n) is 2.87. The van der Waals surface area contributed by atoms with Gasteiger partial charge in [-0.1, -0.05) is 23.7 Å². The van der Waals surface area contributed by atoms with Crippen LogP contribution in [-0.2, 0) is 13.6 Å². The third kappa shape index (κ3) is 3.39. The van der Waals surface area contributed by atoms with Crippen LogP contribution in [0.2, 0.25) is 5.02 Å². The summed E-state index contributed by atoms with van der Waals surface area (Å²) in [7, 11) is 2.03. The number of imidazole rings is 1. The lowest BCUT2D eigenvalue weighted by molar-refractivity contribution is 0.417. The van der Waals surface area contributed by atoms with Gasteiger partial charge in [0.2, 0.25) is 0 Å². The van der Waals surface area contributed by atoms with Crippen LogP contribution in [0.5, 0.6) is 0 Å². The molecule has 1 aromatic carbocycles. The van der Waals surface area contributed by atoms with E-state index in [-0.39, 0.29) is 0 Å². The minimum atomic E-state index is 0.491. The van der Waals surface area contributed by atoms with Crippen molar-refractivity contribution >= 4 is 17.3 Å². The number of nitrogens with zero attached hydrogens (tertiary/aromatic N) is 3. The molecule has 1 aliphatic rings. The van der Waals surface area contributed by atoms with Crippen LogP contribution in [-0.4, -0.2) is 28.7 Å². The summed E-state index contributed by atoms with van der Waals surface area (Å²) >= 11 is 6.31. The highest BCUT2D eigenvalue weighted by Crippen LogP contribution is 2.27. The van der Waals surface area contributed by atoms with E-state index >= 15 is 0 Å². The van der Waals surface area contributed by atoms with Gasteiger partial charge in [0.25, 0.3) is 0 Å². The van der Waals surface area contributed by atoms with Crippen LogP contribution in [0.25, 0.3) is 0 Å². The van der Waals surface area contributed by atoms with Crippen LogP contribution in [0, 0.1) is 0 Å². The van der Waals surface area contributed by atoms with Crippen LogP contribution < -0.4 is 10.2 Å². The molecule has 5 heteroatoms. The number of aromatic nitrogens is 2. The average Bonchev–Trinajstić information content (AvgIpc) is 2.91. The molecule has 2 aromatic rings. The van der Waals surface area contributed by atoms with Gasteiger partial charge in [0.15, 0.2) is 0 Å². The topological polar surface area (TPSA) is 33.1 Å². The number of halogens is 1. The number of hydrogen-bond donors (Lipinski definition) is 1. The predicted octanol–water partition coefficient (Wildman–Crippen LogP) is 2.83. The van der Waals surface area contributed by atoms with Gasteiger partial charge in [-0.3, -0.25) is 0 Å². The van der Waals surface area contributed by atoms with Gasteiger partial charge in [-0.05, 0) is 25.0 Å². The smallest absolute Gasteiger partial charge is 0.0945 e. The van der Waals surface area contributed by atoms with Crippen molar-refractivity contribution in [1.29, 1.82) is 0 Å². The zero-order valence-corrected chi connectivity index (χ0v) is 13.1. The fraction of sp³-hybridized carbons (Fsp3) is 0.438. The van der Waals surface area contributed by atoms with Crippen LogP contribution in [0.4, 0.5) is 5.69 Å². The second-order valence-electron chi connectivity index (χ2n) is 5.61. The Morgan fingerprint density at radius 3 is 3.00 bits per heavy atom. The lowest BCUT2D eigenvalue weighted by atomic mass is 10.0. The van der Waals surface area contributed by atoms with Gasteiger partial charge >= 0.3 is 0 Å². The monoisotopic (exact) mass is 304 g/mol. The standard InChI is InChI=1S/C16H21ClN4/c1-20-12-18-9-14(20)10-19-13-5-4-8-21(11-13)16-7-3-2-6-15(16)17/h2-3,6-7,9,12-13,19H,4-5,8,10-11H2,1H3/t13-/m1/s1. The van der Waals surface area contributed by atoms with Crippen molar-refractivity contribution in [3.05, 3.63) is 47.5 Å². The summed E-state index contributed by atoms with van der Waals surface area (Å²) in [5.41, 5.74) is 2.36. The van der Waals surface area contributed by atoms with E-state index < -0.39 is 0 Å². The number of rotatable bonds is 4. The van der Waals surface area contributed by atoms with Crippen molar-refractivity contribution in [3.8, 4) is 0 Å². The van der Waals surface area contributed by atoms with E-state index in [1.165, 1.54) is 18.5 Å². The summed E-state index contributed by atoms with van der Waals surface area (Å²) in [5.74, 6) is 0. The Morgan fingerprint density at radius 1 is 1.38 bits per heavy atom. The van der Waals surface area contributed by atoms with Crippen molar-refractivity contribution in [2.24, 2.45) is 7.05 Å². The van der Waals surface area contributed by atoms with Crippen LogP contribution in [0.3, 0.4) is 0 Å². The Morgan fingerprint density at radius 2 is 2.24 bits per heavy atom. The minimum Gasteiger partial charge on any atom is -0.369 e. The molecule has 0 saturated carbocycles. The van der Waals surface area contributed by atoms with E-state index in [1.54, 1.807) is 0 Å². The highest BCUT2D eigenvalue weighted by atomic mass is 35.5. The van der Waals surface area contributed by atoms with Crippen molar-refractivity contribution < 1.29 is 0 Å². The van der Waals surface area contributed by atoms with Gasteiger partial charge in [-0.25, -0.2) is 4.98 Å². The van der Waals surface area contributed by atoms with Crippen LogP contribution >= 0.6 is 11.6 Å². The third-order valence-corrected chi connectivity index (χ3v) is 4.42. The molecule has 1 N–H and O–H groups in total. The summed E-state index contributed by atoms with van der Waals surface area (Å²) in [6, 6.07) is 8.59. The minimum absolute atomic E-state index is 0.491. The maximum absolute atomic E-state index is 6.31. The molecule has 3 rings (SSSR count). The number of nitrogens with one attached hydrogen (secondary N) is 1. The van der Waals surface area contributed by atoms with Crippen molar-refractivity contribution in [2.75, 3.05) is 18.0 Å². The normalized spacial score (nSPS) is 19.0. The Hall–Kier alpha value is -1.52. The zero-order valence-electron chi connectivity index (χ0n) is 12.3. The summed E-state index contributed by atoms with van der Waals surface area (Å²) < 4.78 is 2.06. The molecule has 1 atom stereocenters. The number of anilines is 1. The molecular weight excluding hydrogens is 284 g/mol. The molecule has 0 bridgehead atoms. The summed E-state index contributed by atoms with van der Waals surface area (Å²) in [6.07, 6.45) is 6.16. The number of piperidine rings is 1. The van der Waals surface area contributed by atoms with Gasteiger partial charge in [0.05, 0.1) is 22.7 Å². The Kier molecular flexibility index (Phi) is 4.46. The quantitative estimate of drug-likeness (QED) is 0.943. The van der Waals surface area contributed by atoms with E-state index in [4.69, 9.17) is 11.6 Å². The molecule has 1 aliphatic heterocycles. The largest absolute Gasteiger partial charge is 0.369 e. The molecule has 21 heavy (non-hydrogen) atoms. The Bertz CT molecular complexity index is 595. The van der Waals surface area contributed by atoms with Gasteiger partial charge in [0.1, 0.15) is 0 Å². The first kappa shape index (κ1) is 14.4. The summed E-state index contributed by atoms with van der Waals surface area (Å²) in [4.78, 5) is 6.54. The second-order valence-corrected chi connectivity index (χ2v) is 6.02. The first-order valence-electron chi connectivity index (χ1n) is 7.42. The molecule has 1 aromatic heterocycles. The molecule has 0 unspecified atom stereocenters. The van der Waals surface area contributed by atoms with E-state index in [1.807, 2.05) is 37.8 Å². The third-order valence-electron chi connectivity index (χ3n) is 4.10. The molecule has 0 amide bonds. The molecule has 2 heterocycles. The number of aryl methyl sites for hydroxylation is 1. The van der Waals surface area contributed by atoms with Crippen molar-refractivity contribution in [3.63, 3.8) is 0 Å². The molecule has 0 spiro atoms. The molecule has 0 radical (unpaired) electrons. The van der Waals surface area contributed by atoms with Crippen LogP contribution in [0.1, 0.15) is 18.5 Å². The number of para-hydroxylation sites is 1. The van der Waals surface area contributed by atoms with Crippen molar-refractivity contribution in [2.45, 2.75) is 25.4 Å². The maximum atomic E-state index is 6.31. The van der Waals surface area contributed by atoms with Gasteiger partial charge in [-0.15, -0.1) is 0 Å². The summed E-state index contributed by atoms with van der Waals surface area (Å²) in [5, 5.41) is 4.48. The van der Waals surface area contributed by atoms with Gasteiger partial charge in [-0.2, -0.15) is 0 Å². The second kappa shape index (κ2) is 6.50. The maximum Gasteiger partial charge on any atom is 0.0945 e. The molecule has 1 fully saturated rings. The zero-order chi connectivity index (χ0) is 14.7. The molecule has 1 saturated heterocycles. The van der Waals surface area contributed by atoms with Crippen LogP contribution in [0.15, 0.2) is 36.8 Å². The van der Waals surface area contributed by atoms with Gasteiger partial charge in [0, 0.05) is 38.9 Å². The molecule has 0 aliphatic carbocycles. The fourth-order valence-corrected chi connectivity index (χ4v) is 3.13. The van der Waals surface area contributed by atoms with E-state index in [0.717, 1.165) is 30.3 Å². The van der Waals surface area contributed by atoms with Crippen molar-refractivity contribution in [1.82, 2.24) is 14.9 Å². The number of hydrogen-bond acceptors (Lipinski definition) is 3. The summed E-state index contributed by atoms with van der Waals surface area (Å²) in [6.45, 7) is 2.94. The predicted molar refractivity (Wildman–Crippen MR) is 86.7 cm³/mol. The van der Waals surface area contributed by atoms with E-state index in [2.05, 4.69) is 25.8 Å². The van der Waals surface area contributed by atoms with E-state index in [0.29, 0.717) is 6.04 Å². The highest BCUT2D eigenvalue weighted by Gasteiger charge is 2.21. The van der Waals surface area contributed by atoms with Gasteiger partial charge < -0.3 is 14.8 Å². The van der Waals surface area contributed by atoms with E-state index in [9.17, 15) is 0 Å². The first-order valence-corrected chi connectivity index (χ1v) is 7.80. The Balaban J connectivity index is 1.61. The molecule has 4 nitrogen and oxygen atoms in total. The lowest BCUT2D eigenvalue weighted by Gasteiger charge is -2.35. The Labute approximate surface area is 130 Å². The molecular formula is C16H21ClN4. The lowest BCUT2D eigenvalue weighted by Crippen LogP contribution is -2.45. The SMILES string of the molecule is Cn1cncc1CN[C@@H]1CCCN(c2ccccc2Cl)C1. The number of benzene rings is 1. The first-order chi connectivity index (χ1) is 10.2. The highest BCUT2D eigenvalue weighted by molar-refractivity contribution is 6.33. The molecule has 112 valence electrons.